The van der Waals surface area contributed by atoms with Gasteiger partial charge >= 0.3 is 6.03 Å². The van der Waals surface area contributed by atoms with E-state index in [2.05, 4.69) is 64.8 Å². The zero-order valence-corrected chi connectivity index (χ0v) is 19.1. The highest BCUT2D eigenvalue weighted by molar-refractivity contribution is 7.98. The van der Waals surface area contributed by atoms with Crippen molar-refractivity contribution in [1.29, 1.82) is 0 Å². The lowest BCUT2D eigenvalue weighted by atomic mass is 10.0. The molecule has 0 saturated heterocycles. The molecule has 0 spiro atoms. The van der Waals surface area contributed by atoms with Crippen molar-refractivity contribution in [2.45, 2.75) is 17.5 Å². The van der Waals surface area contributed by atoms with Crippen LogP contribution in [0.5, 0.6) is 0 Å². The lowest BCUT2D eigenvalue weighted by Crippen LogP contribution is -2.38. The number of anilines is 1. The third kappa shape index (κ3) is 3.78. The molecule has 0 saturated carbocycles. The Morgan fingerprint density at radius 1 is 0.969 bits per heavy atom. The highest BCUT2D eigenvalue weighted by atomic mass is 35.5. The van der Waals surface area contributed by atoms with E-state index in [-0.39, 0.29) is 12.1 Å². The first kappa shape index (κ1) is 20.7. The number of nitrogens with zero attached hydrogens (tertiary/aromatic N) is 2. The average Bonchev–Trinajstić information content (AvgIpc) is 3.25. The van der Waals surface area contributed by atoms with Gasteiger partial charge in [-0.1, -0.05) is 54.1 Å². The molecule has 0 radical (unpaired) electrons. The number of thioether (sulfide) groups is 1. The van der Waals surface area contributed by atoms with Crippen molar-refractivity contribution in [3.63, 3.8) is 0 Å². The number of fused-ring (bicyclic) bond motifs is 3. The van der Waals surface area contributed by atoms with E-state index < -0.39 is 0 Å². The van der Waals surface area contributed by atoms with Gasteiger partial charge in [-0.15, -0.1) is 11.8 Å². The second-order valence-electron chi connectivity index (χ2n) is 7.65. The van der Waals surface area contributed by atoms with Gasteiger partial charge < -0.3 is 14.8 Å². The topological polar surface area (TPSA) is 37.3 Å². The van der Waals surface area contributed by atoms with Crippen LogP contribution in [-0.4, -0.2) is 21.8 Å². The minimum absolute atomic E-state index is 0.193. The van der Waals surface area contributed by atoms with Gasteiger partial charge in [0.15, 0.2) is 0 Å². The molecule has 3 aromatic carbocycles. The average molecular weight is 460 g/mol. The molecule has 2 amide bonds. The van der Waals surface area contributed by atoms with Gasteiger partial charge in [-0.2, -0.15) is 0 Å². The van der Waals surface area contributed by atoms with Crippen molar-refractivity contribution in [3.8, 4) is 5.69 Å². The number of hydrogen-bond donors (Lipinski definition) is 1. The van der Waals surface area contributed by atoms with E-state index >= 15 is 0 Å². The fourth-order valence-electron chi connectivity index (χ4n) is 4.23. The van der Waals surface area contributed by atoms with Gasteiger partial charge in [0.25, 0.3) is 0 Å². The molecule has 2 heterocycles. The highest BCUT2D eigenvalue weighted by Crippen LogP contribution is 2.37. The summed E-state index contributed by atoms with van der Waals surface area (Å²) < 4.78 is 2.19. The lowest BCUT2D eigenvalue weighted by Gasteiger charge is -2.31. The van der Waals surface area contributed by atoms with E-state index in [1.165, 1.54) is 4.90 Å². The fraction of sp³-hybridized carbons (Fsp3) is 0.115. The van der Waals surface area contributed by atoms with Gasteiger partial charge in [-0.05, 0) is 59.8 Å². The molecule has 1 aromatic heterocycles. The summed E-state index contributed by atoms with van der Waals surface area (Å²) in [6.07, 6.45) is 4.12. The first-order chi connectivity index (χ1) is 15.7. The number of rotatable bonds is 3. The molecule has 5 rings (SSSR count). The van der Waals surface area contributed by atoms with Crippen molar-refractivity contribution >= 4 is 35.1 Å². The maximum atomic E-state index is 13.7. The molecule has 1 N–H and O–H groups in total. The SMILES string of the molecule is CSc1ccc([C@@H]2c3cccn3-c3ccccc3CN2C(=O)Nc2ccccc2Cl)cc1. The van der Waals surface area contributed by atoms with E-state index in [1.807, 2.05) is 41.3 Å². The predicted octanol–water partition coefficient (Wildman–Crippen LogP) is 6.99. The van der Waals surface area contributed by atoms with Gasteiger partial charge in [-0.3, -0.25) is 0 Å². The summed E-state index contributed by atoms with van der Waals surface area (Å²) in [5.41, 5.74) is 4.88. The first-order valence-corrected chi connectivity index (χ1v) is 12.0. The molecule has 1 aliphatic heterocycles. The summed E-state index contributed by atoms with van der Waals surface area (Å²) in [7, 11) is 0. The van der Waals surface area contributed by atoms with Gasteiger partial charge in [0.2, 0.25) is 0 Å². The third-order valence-corrected chi connectivity index (χ3v) is 6.84. The molecule has 1 aliphatic rings. The molecule has 160 valence electrons. The molecule has 32 heavy (non-hydrogen) atoms. The van der Waals surface area contributed by atoms with Crippen LogP contribution in [0.15, 0.2) is 96.0 Å². The Kier molecular flexibility index (Phi) is 5.68. The van der Waals surface area contributed by atoms with Crippen LogP contribution in [0.4, 0.5) is 10.5 Å². The van der Waals surface area contributed by atoms with Crippen LogP contribution >= 0.6 is 23.4 Å². The lowest BCUT2D eigenvalue weighted by molar-refractivity contribution is 0.194. The van der Waals surface area contributed by atoms with Gasteiger partial charge in [0, 0.05) is 16.8 Å². The Hall–Kier alpha value is -3.15. The number of nitrogens with one attached hydrogen (secondary N) is 1. The molecule has 4 nitrogen and oxygen atoms in total. The molecular weight excluding hydrogens is 438 g/mol. The molecule has 0 bridgehead atoms. The second-order valence-corrected chi connectivity index (χ2v) is 8.93. The molecular formula is C26H22ClN3OS. The van der Waals surface area contributed by atoms with Crippen LogP contribution in [0.25, 0.3) is 5.69 Å². The summed E-state index contributed by atoms with van der Waals surface area (Å²) in [6.45, 7) is 0.475. The van der Waals surface area contributed by atoms with Crippen molar-refractivity contribution in [2.24, 2.45) is 0 Å². The predicted molar refractivity (Wildman–Crippen MR) is 132 cm³/mol. The van der Waals surface area contributed by atoms with Crippen molar-refractivity contribution in [1.82, 2.24) is 9.47 Å². The zero-order valence-electron chi connectivity index (χ0n) is 17.5. The standard InChI is InChI=1S/C26H22ClN3OS/c1-32-20-14-12-18(13-15-20)25-24-11-6-16-29(24)23-10-5-2-7-19(23)17-30(25)26(31)28-22-9-4-3-8-21(22)27/h2-16,25H,17H2,1H3,(H,28,31)/t25-/m1/s1. The number of carbonyl (C=O) groups is 1. The maximum Gasteiger partial charge on any atom is 0.323 e. The van der Waals surface area contributed by atoms with Gasteiger partial charge in [0.05, 0.1) is 29.0 Å². The number of hydrogen-bond acceptors (Lipinski definition) is 2. The van der Waals surface area contributed by atoms with E-state index in [9.17, 15) is 4.79 Å². The van der Waals surface area contributed by atoms with E-state index in [4.69, 9.17) is 11.6 Å². The molecule has 6 heteroatoms. The Labute approximate surface area is 196 Å². The molecule has 1 atom stereocenters. The van der Waals surface area contributed by atoms with E-state index in [0.29, 0.717) is 17.3 Å². The van der Waals surface area contributed by atoms with Crippen LogP contribution in [0.2, 0.25) is 5.02 Å². The number of aromatic nitrogens is 1. The smallest absolute Gasteiger partial charge is 0.318 e. The Bertz CT molecular complexity index is 1270. The summed E-state index contributed by atoms with van der Waals surface area (Å²) in [6, 6.07) is 27.6. The third-order valence-electron chi connectivity index (χ3n) is 5.77. The molecule has 0 unspecified atom stereocenters. The van der Waals surface area contributed by atoms with Crippen LogP contribution in [-0.2, 0) is 6.54 Å². The number of carbonyl (C=O) groups excluding carboxylic acids is 1. The quantitative estimate of drug-likeness (QED) is 0.335. The number of halogens is 1. The first-order valence-electron chi connectivity index (χ1n) is 10.4. The Balaban J connectivity index is 1.63. The van der Waals surface area contributed by atoms with Crippen molar-refractivity contribution < 1.29 is 4.79 Å². The zero-order chi connectivity index (χ0) is 22.1. The molecule has 0 aliphatic carbocycles. The van der Waals surface area contributed by atoms with Crippen molar-refractivity contribution in [2.75, 3.05) is 11.6 Å². The minimum atomic E-state index is -0.254. The Morgan fingerprint density at radius 3 is 2.50 bits per heavy atom. The minimum Gasteiger partial charge on any atom is -0.318 e. The highest BCUT2D eigenvalue weighted by Gasteiger charge is 2.33. The van der Waals surface area contributed by atoms with E-state index in [0.717, 1.165) is 22.5 Å². The van der Waals surface area contributed by atoms with Crippen LogP contribution in [0.3, 0.4) is 0 Å². The monoisotopic (exact) mass is 459 g/mol. The normalized spacial score (nSPS) is 14.9. The second kappa shape index (κ2) is 8.77. The van der Waals surface area contributed by atoms with Crippen molar-refractivity contribution in [3.05, 3.63) is 113 Å². The van der Waals surface area contributed by atoms with Gasteiger partial charge in [-0.25, -0.2) is 4.79 Å². The fourth-order valence-corrected chi connectivity index (χ4v) is 4.82. The summed E-state index contributed by atoms with van der Waals surface area (Å²) in [5, 5.41) is 3.54. The maximum absolute atomic E-state index is 13.7. The number of benzene rings is 3. The van der Waals surface area contributed by atoms with E-state index in [1.54, 1.807) is 17.8 Å². The Morgan fingerprint density at radius 2 is 1.72 bits per heavy atom. The number of para-hydroxylation sites is 2. The summed E-state index contributed by atoms with van der Waals surface area (Å²) in [5.74, 6) is 0. The number of amides is 2. The largest absolute Gasteiger partial charge is 0.323 e. The van der Waals surface area contributed by atoms with Crippen LogP contribution < -0.4 is 5.32 Å². The summed E-state index contributed by atoms with van der Waals surface area (Å²) >= 11 is 8.03. The number of urea groups is 1. The van der Waals surface area contributed by atoms with Crippen LogP contribution in [0.1, 0.15) is 22.9 Å². The summed E-state index contributed by atoms with van der Waals surface area (Å²) in [4.78, 5) is 16.7. The van der Waals surface area contributed by atoms with Gasteiger partial charge in [0.1, 0.15) is 0 Å². The van der Waals surface area contributed by atoms with Crippen LogP contribution in [0, 0.1) is 0 Å². The molecule has 4 aromatic rings. The molecule has 0 fully saturated rings.